The van der Waals surface area contributed by atoms with Crippen molar-refractivity contribution < 1.29 is 13.2 Å². The molecule has 1 fully saturated rings. The highest BCUT2D eigenvalue weighted by atomic mass is 35.7. The Bertz CT molecular complexity index is 656. The van der Waals surface area contributed by atoms with Gasteiger partial charge >= 0.3 is 0 Å². The van der Waals surface area contributed by atoms with Crippen molar-refractivity contribution in [1.82, 2.24) is 5.32 Å². The van der Waals surface area contributed by atoms with Crippen LogP contribution in [-0.2, 0) is 9.05 Å². The van der Waals surface area contributed by atoms with Crippen molar-refractivity contribution in [2.24, 2.45) is 5.92 Å². The Morgan fingerprint density at radius 3 is 2.40 bits per heavy atom. The maximum absolute atomic E-state index is 12.1. The minimum atomic E-state index is -4.04. The van der Waals surface area contributed by atoms with Crippen LogP contribution in [0.2, 0.25) is 10.0 Å². The molecule has 0 saturated heterocycles. The lowest BCUT2D eigenvalue weighted by Crippen LogP contribution is -2.34. The fraction of sp³-hybridized carbons (Fsp3) is 0.417. The van der Waals surface area contributed by atoms with E-state index in [1.54, 1.807) is 0 Å². The van der Waals surface area contributed by atoms with Crippen molar-refractivity contribution in [3.05, 3.63) is 27.7 Å². The molecule has 2 rings (SSSR count). The van der Waals surface area contributed by atoms with E-state index in [9.17, 15) is 13.2 Å². The van der Waals surface area contributed by atoms with Gasteiger partial charge in [-0.1, -0.05) is 23.2 Å². The molecule has 1 aliphatic rings. The predicted octanol–water partition coefficient (Wildman–Crippen LogP) is 3.45. The third-order valence-corrected chi connectivity index (χ3v) is 5.32. The highest BCUT2D eigenvalue weighted by molar-refractivity contribution is 8.13. The molecule has 0 heterocycles. The van der Waals surface area contributed by atoms with Crippen LogP contribution < -0.4 is 5.32 Å². The van der Waals surface area contributed by atoms with E-state index >= 15 is 0 Å². The largest absolute Gasteiger partial charge is 0.349 e. The first kappa shape index (κ1) is 15.9. The van der Waals surface area contributed by atoms with Crippen molar-refractivity contribution >= 4 is 48.8 Å². The lowest BCUT2D eigenvalue weighted by molar-refractivity contribution is 0.0936. The maximum atomic E-state index is 12.1. The molecule has 1 aromatic rings. The number of rotatable bonds is 4. The minimum Gasteiger partial charge on any atom is -0.349 e. The Morgan fingerprint density at radius 2 is 1.90 bits per heavy atom. The second-order valence-corrected chi connectivity index (χ2v) is 8.15. The third-order valence-electron chi connectivity index (χ3n) is 3.22. The van der Waals surface area contributed by atoms with Gasteiger partial charge in [0.05, 0.1) is 15.6 Å². The first-order valence-corrected chi connectivity index (χ1v) is 9.01. The number of amides is 1. The first-order chi connectivity index (χ1) is 9.20. The number of nitrogens with one attached hydrogen (secondary N) is 1. The summed E-state index contributed by atoms with van der Waals surface area (Å²) in [6, 6.07) is 2.32. The van der Waals surface area contributed by atoms with Gasteiger partial charge in [0, 0.05) is 16.7 Å². The lowest BCUT2D eigenvalue weighted by atomic mass is 10.1. The zero-order valence-electron chi connectivity index (χ0n) is 10.5. The van der Waals surface area contributed by atoms with Crippen molar-refractivity contribution in [3.8, 4) is 0 Å². The van der Waals surface area contributed by atoms with Gasteiger partial charge in [0.25, 0.3) is 15.0 Å². The summed E-state index contributed by atoms with van der Waals surface area (Å²) in [5.41, 5.74) is 0.0443. The number of halogens is 3. The summed E-state index contributed by atoms with van der Waals surface area (Å²) in [6.07, 6.45) is 2.16. The molecule has 8 heteroatoms. The number of benzene rings is 1. The van der Waals surface area contributed by atoms with Crippen LogP contribution >= 0.6 is 33.9 Å². The fourth-order valence-corrected chi connectivity index (χ4v) is 3.71. The molecule has 110 valence electrons. The molecule has 4 nitrogen and oxygen atoms in total. The summed E-state index contributed by atoms with van der Waals surface area (Å²) in [6.45, 7) is 1.90. The molecule has 0 bridgehead atoms. The fourth-order valence-electron chi connectivity index (χ4n) is 1.89. The van der Waals surface area contributed by atoms with E-state index in [0.717, 1.165) is 18.9 Å². The van der Waals surface area contributed by atoms with Crippen LogP contribution in [0.4, 0.5) is 0 Å². The van der Waals surface area contributed by atoms with Crippen LogP contribution in [0.5, 0.6) is 0 Å². The van der Waals surface area contributed by atoms with E-state index in [-0.39, 0.29) is 26.5 Å². The lowest BCUT2D eigenvalue weighted by Gasteiger charge is -2.14. The molecule has 0 aliphatic heterocycles. The predicted molar refractivity (Wildman–Crippen MR) is 79.2 cm³/mol. The summed E-state index contributed by atoms with van der Waals surface area (Å²) < 4.78 is 22.8. The molecule has 1 atom stereocenters. The Labute approximate surface area is 131 Å². The Balaban J connectivity index is 2.33. The molecule has 20 heavy (non-hydrogen) atoms. The molecule has 1 saturated carbocycles. The van der Waals surface area contributed by atoms with Gasteiger partial charge in [-0.3, -0.25) is 4.79 Å². The van der Waals surface area contributed by atoms with Crippen LogP contribution in [0.3, 0.4) is 0 Å². The quantitative estimate of drug-likeness (QED) is 0.840. The Morgan fingerprint density at radius 1 is 1.30 bits per heavy atom. The summed E-state index contributed by atoms with van der Waals surface area (Å²) in [5, 5.41) is 2.76. The average Bonchev–Trinajstić information content (AvgIpc) is 3.10. The van der Waals surface area contributed by atoms with E-state index in [1.807, 2.05) is 6.92 Å². The molecule has 1 amide bonds. The number of hydrogen-bond acceptors (Lipinski definition) is 3. The van der Waals surface area contributed by atoms with Gasteiger partial charge in [-0.2, -0.15) is 0 Å². The van der Waals surface area contributed by atoms with E-state index in [1.165, 1.54) is 6.07 Å². The first-order valence-electron chi connectivity index (χ1n) is 5.94. The molecule has 0 radical (unpaired) electrons. The topological polar surface area (TPSA) is 63.2 Å². The van der Waals surface area contributed by atoms with Gasteiger partial charge < -0.3 is 5.32 Å². The minimum absolute atomic E-state index is 0.0188. The van der Waals surface area contributed by atoms with Gasteiger partial charge in [0.1, 0.15) is 4.90 Å². The molecule has 1 unspecified atom stereocenters. The SMILES string of the molecule is CC(NC(=O)c1cc(S(=O)(=O)Cl)c(Cl)cc1Cl)C1CC1. The molecular weight excluding hydrogens is 345 g/mol. The molecule has 1 aromatic carbocycles. The second kappa shape index (κ2) is 5.72. The van der Waals surface area contributed by atoms with E-state index in [4.69, 9.17) is 33.9 Å². The average molecular weight is 357 g/mol. The summed E-state index contributed by atoms with van der Waals surface area (Å²) >= 11 is 11.7. The molecule has 0 spiro atoms. The van der Waals surface area contributed by atoms with E-state index in [2.05, 4.69) is 5.32 Å². The Hall–Kier alpha value is -0.490. The number of hydrogen-bond donors (Lipinski definition) is 1. The molecule has 0 aromatic heterocycles. The summed E-state index contributed by atoms with van der Waals surface area (Å²) in [5.74, 6) is 0.0360. The number of carbonyl (C=O) groups is 1. The maximum Gasteiger partial charge on any atom is 0.262 e. The van der Waals surface area contributed by atoms with Gasteiger partial charge in [-0.05, 0) is 37.8 Å². The standard InChI is InChI=1S/C12H12Cl3NO3S/c1-6(7-2-3-7)16-12(17)8-4-11(20(15,18)19)10(14)5-9(8)13/h4-7H,2-3H2,1H3,(H,16,17). The number of carbonyl (C=O) groups excluding carboxylic acids is 1. The van der Waals surface area contributed by atoms with Crippen molar-refractivity contribution in [2.45, 2.75) is 30.7 Å². The van der Waals surface area contributed by atoms with E-state index < -0.39 is 15.0 Å². The van der Waals surface area contributed by atoms with Gasteiger partial charge in [0.2, 0.25) is 0 Å². The normalized spacial score (nSPS) is 16.8. The van der Waals surface area contributed by atoms with Crippen molar-refractivity contribution in [1.29, 1.82) is 0 Å². The molecule has 1 N–H and O–H groups in total. The van der Waals surface area contributed by atoms with E-state index in [0.29, 0.717) is 5.92 Å². The van der Waals surface area contributed by atoms with Crippen molar-refractivity contribution in [3.63, 3.8) is 0 Å². The van der Waals surface area contributed by atoms with Gasteiger partial charge in [-0.15, -0.1) is 0 Å². The monoisotopic (exact) mass is 355 g/mol. The summed E-state index contributed by atoms with van der Waals surface area (Å²) in [7, 11) is 1.23. The summed E-state index contributed by atoms with van der Waals surface area (Å²) in [4.78, 5) is 11.8. The van der Waals surface area contributed by atoms with Crippen LogP contribution in [0, 0.1) is 5.92 Å². The second-order valence-electron chi connectivity index (χ2n) is 4.80. The molecule has 1 aliphatic carbocycles. The van der Waals surface area contributed by atoms with Crippen LogP contribution in [-0.4, -0.2) is 20.4 Å². The molecular formula is C12H12Cl3NO3S. The third kappa shape index (κ3) is 3.58. The zero-order valence-corrected chi connectivity index (χ0v) is 13.6. The van der Waals surface area contributed by atoms with Gasteiger partial charge in [0.15, 0.2) is 0 Å². The highest BCUT2D eigenvalue weighted by Crippen LogP contribution is 2.33. The van der Waals surface area contributed by atoms with Crippen LogP contribution in [0.1, 0.15) is 30.1 Å². The van der Waals surface area contributed by atoms with Gasteiger partial charge in [-0.25, -0.2) is 8.42 Å². The van der Waals surface area contributed by atoms with Crippen LogP contribution in [0.25, 0.3) is 0 Å². The van der Waals surface area contributed by atoms with Crippen LogP contribution in [0.15, 0.2) is 17.0 Å². The highest BCUT2D eigenvalue weighted by Gasteiger charge is 2.30. The zero-order chi connectivity index (χ0) is 15.1. The smallest absolute Gasteiger partial charge is 0.262 e. The Kier molecular flexibility index (Phi) is 4.54. The van der Waals surface area contributed by atoms with Crippen molar-refractivity contribution in [2.75, 3.05) is 0 Å².